The van der Waals surface area contributed by atoms with Gasteiger partial charge in [-0.25, -0.2) is 8.42 Å². The van der Waals surface area contributed by atoms with Crippen LogP contribution in [0.3, 0.4) is 0 Å². The maximum Gasteiger partial charge on any atom is 0.151 e. The maximum absolute atomic E-state index is 11.7. The topological polar surface area (TPSA) is 49.4 Å². The van der Waals surface area contributed by atoms with Crippen molar-refractivity contribution >= 4 is 9.84 Å². The molecule has 18 heavy (non-hydrogen) atoms. The van der Waals surface area contributed by atoms with Gasteiger partial charge in [0, 0.05) is 24.9 Å². The van der Waals surface area contributed by atoms with Crippen LogP contribution in [0, 0.1) is 0 Å². The highest BCUT2D eigenvalue weighted by Crippen LogP contribution is 2.25. The Morgan fingerprint density at radius 1 is 1.22 bits per heavy atom. The van der Waals surface area contributed by atoms with Gasteiger partial charge in [-0.05, 0) is 38.8 Å². The third-order valence-electron chi connectivity index (χ3n) is 4.52. The Bertz CT molecular complexity index is 369. The fraction of sp³-hybridized carbons (Fsp3) is 1.00. The van der Waals surface area contributed by atoms with E-state index in [2.05, 4.69) is 17.1 Å². The summed E-state index contributed by atoms with van der Waals surface area (Å²) in [5.41, 5.74) is 0. The Kier molecular flexibility index (Phi) is 4.67. The van der Waals surface area contributed by atoms with Gasteiger partial charge in [-0.1, -0.05) is 13.3 Å². The predicted molar refractivity (Wildman–Crippen MR) is 74.5 cm³/mol. The second-order valence-electron chi connectivity index (χ2n) is 5.74. The predicted octanol–water partition coefficient (Wildman–Crippen LogP) is 1.03. The molecule has 1 aliphatic carbocycles. The van der Waals surface area contributed by atoms with Crippen LogP contribution in [0.15, 0.2) is 0 Å². The van der Waals surface area contributed by atoms with E-state index in [1.807, 2.05) is 0 Å². The van der Waals surface area contributed by atoms with Gasteiger partial charge in [0.05, 0.1) is 5.25 Å². The first kappa shape index (κ1) is 14.3. The molecule has 0 aromatic heterocycles. The molecule has 2 rings (SSSR count). The van der Waals surface area contributed by atoms with Crippen molar-refractivity contribution < 1.29 is 8.42 Å². The Hall–Kier alpha value is -0.130. The number of likely N-dealkylation sites (N-methyl/N-ethyl adjacent to an activating group) is 1. The van der Waals surface area contributed by atoms with Crippen LogP contribution < -0.4 is 5.32 Å². The maximum atomic E-state index is 11.7. The second-order valence-corrected chi connectivity index (χ2v) is 8.00. The molecule has 2 fully saturated rings. The number of nitrogens with one attached hydrogen (secondary N) is 1. The number of sulfone groups is 1. The van der Waals surface area contributed by atoms with E-state index in [0.29, 0.717) is 6.04 Å². The first-order valence-electron chi connectivity index (χ1n) is 7.18. The monoisotopic (exact) mass is 274 g/mol. The van der Waals surface area contributed by atoms with E-state index >= 15 is 0 Å². The minimum atomic E-state index is -2.89. The van der Waals surface area contributed by atoms with Crippen LogP contribution in [0.2, 0.25) is 0 Å². The van der Waals surface area contributed by atoms with Crippen LogP contribution >= 0.6 is 0 Å². The molecule has 5 heteroatoms. The van der Waals surface area contributed by atoms with Gasteiger partial charge in [0.1, 0.15) is 0 Å². The second kappa shape index (κ2) is 5.88. The molecule has 0 bridgehead atoms. The molecule has 3 atom stereocenters. The van der Waals surface area contributed by atoms with Crippen molar-refractivity contribution in [2.45, 2.75) is 56.4 Å². The largest absolute Gasteiger partial charge is 0.311 e. The SMILES string of the molecule is CCN1CCCC1CNC1CCCC1S(C)(=O)=O. The normalized spacial score (nSPS) is 34.2. The first-order valence-corrected chi connectivity index (χ1v) is 9.14. The number of hydrogen-bond acceptors (Lipinski definition) is 4. The van der Waals surface area contributed by atoms with E-state index < -0.39 is 9.84 Å². The summed E-state index contributed by atoms with van der Waals surface area (Å²) in [6.45, 7) is 5.45. The van der Waals surface area contributed by atoms with Crippen LogP contribution in [0.5, 0.6) is 0 Å². The molecule has 0 aromatic rings. The molecule has 106 valence electrons. The lowest BCUT2D eigenvalue weighted by atomic mass is 10.2. The van der Waals surface area contributed by atoms with Crippen LogP contribution in [0.1, 0.15) is 39.0 Å². The van der Waals surface area contributed by atoms with E-state index in [1.165, 1.54) is 25.6 Å². The van der Waals surface area contributed by atoms with Crippen molar-refractivity contribution in [1.29, 1.82) is 0 Å². The minimum absolute atomic E-state index is 0.158. The van der Waals surface area contributed by atoms with Crippen LogP contribution in [0.4, 0.5) is 0 Å². The standard InChI is InChI=1S/C13H26N2O2S/c1-3-15-9-5-6-11(15)10-14-12-7-4-8-13(12)18(2,16)17/h11-14H,3-10H2,1-2H3. The van der Waals surface area contributed by atoms with Gasteiger partial charge in [0.15, 0.2) is 9.84 Å². The van der Waals surface area contributed by atoms with E-state index in [-0.39, 0.29) is 11.3 Å². The Balaban J connectivity index is 1.86. The van der Waals surface area contributed by atoms with Gasteiger partial charge in [-0.2, -0.15) is 0 Å². The molecule has 3 unspecified atom stereocenters. The van der Waals surface area contributed by atoms with Crippen LogP contribution in [-0.4, -0.2) is 56.5 Å². The Labute approximate surface area is 111 Å². The third-order valence-corrected chi connectivity index (χ3v) is 6.19. The zero-order chi connectivity index (χ0) is 13.2. The summed E-state index contributed by atoms with van der Waals surface area (Å²) in [4.78, 5) is 2.50. The minimum Gasteiger partial charge on any atom is -0.311 e. The molecular formula is C13H26N2O2S. The molecule has 1 saturated heterocycles. The molecule has 0 amide bonds. The van der Waals surface area contributed by atoms with Gasteiger partial charge in [0.2, 0.25) is 0 Å². The van der Waals surface area contributed by atoms with Gasteiger partial charge in [-0.3, -0.25) is 4.90 Å². The number of hydrogen-bond donors (Lipinski definition) is 1. The average Bonchev–Trinajstić information content (AvgIpc) is 2.93. The van der Waals surface area contributed by atoms with Gasteiger partial charge in [-0.15, -0.1) is 0 Å². The van der Waals surface area contributed by atoms with Gasteiger partial charge < -0.3 is 5.32 Å². The number of likely N-dealkylation sites (tertiary alicyclic amines) is 1. The lowest BCUT2D eigenvalue weighted by Gasteiger charge is -2.26. The molecule has 1 saturated carbocycles. The van der Waals surface area contributed by atoms with Gasteiger partial charge in [0.25, 0.3) is 0 Å². The van der Waals surface area contributed by atoms with Crippen molar-refractivity contribution in [2.24, 2.45) is 0 Å². The van der Waals surface area contributed by atoms with Crippen LogP contribution in [0.25, 0.3) is 0 Å². The summed E-state index contributed by atoms with van der Waals surface area (Å²) in [6, 6.07) is 0.787. The summed E-state index contributed by atoms with van der Waals surface area (Å²) in [7, 11) is -2.89. The third kappa shape index (κ3) is 3.25. The molecule has 0 spiro atoms. The highest BCUT2D eigenvalue weighted by atomic mass is 32.2. The van der Waals surface area contributed by atoms with Crippen molar-refractivity contribution in [1.82, 2.24) is 10.2 Å². The summed E-state index contributed by atoms with van der Waals surface area (Å²) in [5, 5.41) is 3.37. The van der Waals surface area contributed by atoms with Gasteiger partial charge >= 0.3 is 0 Å². The zero-order valence-electron chi connectivity index (χ0n) is 11.6. The summed E-state index contributed by atoms with van der Waals surface area (Å²) >= 11 is 0. The quantitative estimate of drug-likeness (QED) is 0.813. The number of rotatable bonds is 5. The van der Waals surface area contributed by atoms with E-state index in [1.54, 1.807) is 0 Å². The molecular weight excluding hydrogens is 248 g/mol. The zero-order valence-corrected chi connectivity index (χ0v) is 12.4. The lowest BCUT2D eigenvalue weighted by Crippen LogP contribution is -2.46. The molecule has 2 aliphatic rings. The summed E-state index contributed by atoms with van der Waals surface area (Å²) in [6.07, 6.45) is 6.79. The molecule has 0 aromatic carbocycles. The molecule has 1 aliphatic heterocycles. The van der Waals surface area contributed by atoms with E-state index in [9.17, 15) is 8.42 Å². The van der Waals surface area contributed by atoms with E-state index in [4.69, 9.17) is 0 Å². The van der Waals surface area contributed by atoms with Crippen molar-refractivity contribution in [3.05, 3.63) is 0 Å². The highest BCUT2D eigenvalue weighted by Gasteiger charge is 2.35. The van der Waals surface area contributed by atoms with Crippen LogP contribution in [-0.2, 0) is 9.84 Å². The molecule has 4 nitrogen and oxygen atoms in total. The highest BCUT2D eigenvalue weighted by molar-refractivity contribution is 7.91. The van der Waals surface area contributed by atoms with Crippen molar-refractivity contribution in [3.63, 3.8) is 0 Å². The van der Waals surface area contributed by atoms with E-state index in [0.717, 1.165) is 32.4 Å². The molecule has 1 N–H and O–H groups in total. The van der Waals surface area contributed by atoms with Crippen molar-refractivity contribution in [2.75, 3.05) is 25.9 Å². The van der Waals surface area contributed by atoms with Crippen molar-refractivity contribution in [3.8, 4) is 0 Å². The number of nitrogens with zero attached hydrogens (tertiary/aromatic N) is 1. The first-order chi connectivity index (χ1) is 8.52. The fourth-order valence-electron chi connectivity index (χ4n) is 3.50. The lowest BCUT2D eigenvalue weighted by molar-refractivity contribution is 0.254. The molecule has 0 radical (unpaired) electrons. The fourth-order valence-corrected chi connectivity index (χ4v) is 4.93. The Morgan fingerprint density at radius 3 is 2.67 bits per heavy atom. The average molecular weight is 274 g/mol. The Morgan fingerprint density at radius 2 is 2.00 bits per heavy atom. The summed E-state index contributed by atoms with van der Waals surface area (Å²) < 4.78 is 23.4. The summed E-state index contributed by atoms with van der Waals surface area (Å²) in [5.74, 6) is 0. The smallest absolute Gasteiger partial charge is 0.151 e. The molecule has 1 heterocycles.